The molecule has 0 bridgehead atoms. The Bertz CT molecular complexity index is 626. The van der Waals surface area contributed by atoms with Crippen LogP contribution in [-0.2, 0) is 6.42 Å². The molecule has 0 unspecified atom stereocenters. The minimum atomic E-state index is -0.350. The summed E-state index contributed by atoms with van der Waals surface area (Å²) in [5, 5.41) is 0. The first-order valence-electron chi connectivity index (χ1n) is 9.73. The molecule has 0 aromatic heterocycles. The molecule has 136 valence electrons. The minimum Gasteiger partial charge on any atom is -0.369 e. The van der Waals surface area contributed by atoms with E-state index in [0.717, 1.165) is 37.8 Å². The fourth-order valence-electron chi connectivity index (χ4n) is 4.06. The van der Waals surface area contributed by atoms with Crippen molar-refractivity contribution in [2.75, 3.05) is 4.90 Å². The highest BCUT2D eigenvalue weighted by molar-refractivity contribution is 6.05. The summed E-state index contributed by atoms with van der Waals surface area (Å²) in [5.41, 5.74) is 14.3. The van der Waals surface area contributed by atoms with Crippen LogP contribution < -0.4 is 16.4 Å². The van der Waals surface area contributed by atoms with Crippen molar-refractivity contribution in [1.29, 1.82) is 0 Å². The zero-order chi connectivity index (χ0) is 17.7. The smallest absolute Gasteiger partial charge is 0.220 e. The molecule has 1 spiro atoms. The van der Waals surface area contributed by atoms with E-state index in [-0.39, 0.29) is 5.66 Å². The van der Waals surface area contributed by atoms with E-state index in [4.69, 9.17) is 16.5 Å². The molecule has 0 amide bonds. The monoisotopic (exact) mass is 341 g/mol. The van der Waals surface area contributed by atoms with Crippen molar-refractivity contribution in [1.82, 2.24) is 0 Å². The summed E-state index contributed by atoms with van der Waals surface area (Å²) in [7, 11) is 0. The van der Waals surface area contributed by atoms with Gasteiger partial charge in [-0.05, 0) is 56.2 Å². The molecule has 1 heterocycles. The summed E-state index contributed by atoms with van der Waals surface area (Å²) in [6, 6.07) is 8.75. The Balaban J connectivity index is 1.77. The predicted molar refractivity (Wildman–Crippen MR) is 106 cm³/mol. The molecule has 0 saturated heterocycles. The molecule has 3 rings (SSSR count). The van der Waals surface area contributed by atoms with Gasteiger partial charge in [0.15, 0.2) is 0 Å². The minimum absolute atomic E-state index is 0.309. The Kier molecular flexibility index (Phi) is 5.61. The van der Waals surface area contributed by atoms with Crippen LogP contribution in [0.1, 0.15) is 70.3 Å². The molecule has 0 radical (unpaired) electrons. The van der Waals surface area contributed by atoms with Crippen molar-refractivity contribution in [3.05, 3.63) is 29.8 Å². The number of hydrogen-bond donors (Lipinski definition) is 2. The van der Waals surface area contributed by atoms with Crippen LogP contribution >= 0.6 is 0 Å². The van der Waals surface area contributed by atoms with Crippen molar-refractivity contribution in [2.24, 2.45) is 21.5 Å². The molecule has 4 N–H and O–H groups in total. The number of rotatable bonds is 6. The SMILES string of the molecule is CCCCCCc1ccc(N2C(N)=NC(N)=NC23CCCCC3)cc1. The number of nitrogens with two attached hydrogens (primary N) is 2. The molecule has 25 heavy (non-hydrogen) atoms. The van der Waals surface area contributed by atoms with Gasteiger partial charge < -0.3 is 11.5 Å². The predicted octanol–water partition coefficient (Wildman–Crippen LogP) is 3.92. The topological polar surface area (TPSA) is 80.0 Å². The van der Waals surface area contributed by atoms with Crippen LogP contribution in [0, 0.1) is 0 Å². The van der Waals surface area contributed by atoms with Gasteiger partial charge in [-0.25, -0.2) is 4.99 Å². The van der Waals surface area contributed by atoms with Crippen molar-refractivity contribution >= 4 is 17.6 Å². The number of nitrogens with zero attached hydrogens (tertiary/aromatic N) is 3. The highest BCUT2D eigenvalue weighted by atomic mass is 15.4. The maximum atomic E-state index is 6.27. The molecular weight excluding hydrogens is 310 g/mol. The van der Waals surface area contributed by atoms with Gasteiger partial charge in [0.05, 0.1) is 0 Å². The number of aliphatic imine (C=N–C) groups is 2. The van der Waals surface area contributed by atoms with Crippen molar-refractivity contribution < 1.29 is 0 Å². The lowest BCUT2D eigenvalue weighted by atomic mass is 9.87. The van der Waals surface area contributed by atoms with Gasteiger partial charge in [0.2, 0.25) is 11.9 Å². The second kappa shape index (κ2) is 7.89. The Morgan fingerprint density at radius 1 is 1.00 bits per heavy atom. The van der Waals surface area contributed by atoms with E-state index in [2.05, 4.69) is 41.1 Å². The molecular formula is C20H31N5. The third-order valence-electron chi connectivity index (χ3n) is 5.36. The standard InChI is InChI=1S/C20H31N5/c1-2-3-4-6-9-16-10-12-17(13-11-16)25-19(22)23-18(21)24-20(25)14-7-5-8-15-20/h10-13H,2-9,14-15H2,1H3,(H4,21,22,23,24). The fourth-order valence-corrected chi connectivity index (χ4v) is 4.06. The highest BCUT2D eigenvalue weighted by Crippen LogP contribution is 2.39. The van der Waals surface area contributed by atoms with Crippen LogP contribution in [-0.4, -0.2) is 17.6 Å². The number of guanidine groups is 2. The molecule has 5 nitrogen and oxygen atoms in total. The van der Waals surface area contributed by atoms with Gasteiger partial charge in [0.25, 0.3) is 0 Å². The summed E-state index contributed by atoms with van der Waals surface area (Å²) >= 11 is 0. The molecule has 5 heteroatoms. The van der Waals surface area contributed by atoms with E-state index in [1.165, 1.54) is 37.7 Å². The van der Waals surface area contributed by atoms with Gasteiger partial charge in [0, 0.05) is 5.69 Å². The average molecular weight is 342 g/mol. The summed E-state index contributed by atoms with van der Waals surface area (Å²) in [5.74, 6) is 0.772. The maximum Gasteiger partial charge on any atom is 0.220 e. The van der Waals surface area contributed by atoms with Crippen LogP contribution in [0.4, 0.5) is 5.69 Å². The van der Waals surface area contributed by atoms with Crippen molar-refractivity contribution in [3.8, 4) is 0 Å². The summed E-state index contributed by atoms with van der Waals surface area (Å²) in [6.07, 6.45) is 11.8. The number of aryl methyl sites for hydroxylation is 1. The van der Waals surface area contributed by atoms with Crippen molar-refractivity contribution in [3.63, 3.8) is 0 Å². The first-order chi connectivity index (χ1) is 12.1. The summed E-state index contributed by atoms with van der Waals surface area (Å²) in [6.45, 7) is 2.25. The zero-order valence-electron chi connectivity index (χ0n) is 15.4. The second-order valence-corrected chi connectivity index (χ2v) is 7.30. The van der Waals surface area contributed by atoms with Crippen LogP contribution in [0.2, 0.25) is 0 Å². The molecule has 1 aromatic rings. The van der Waals surface area contributed by atoms with E-state index in [9.17, 15) is 0 Å². The van der Waals surface area contributed by atoms with Crippen LogP contribution in [0.15, 0.2) is 34.3 Å². The highest BCUT2D eigenvalue weighted by Gasteiger charge is 2.42. The lowest BCUT2D eigenvalue weighted by molar-refractivity contribution is 0.305. The van der Waals surface area contributed by atoms with E-state index in [0.29, 0.717) is 11.9 Å². The van der Waals surface area contributed by atoms with E-state index in [1.54, 1.807) is 0 Å². The third-order valence-corrected chi connectivity index (χ3v) is 5.36. The van der Waals surface area contributed by atoms with Crippen LogP contribution in [0.5, 0.6) is 0 Å². The Morgan fingerprint density at radius 2 is 1.72 bits per heavy atom. The number of hydrogen-bond acceptors (Lipinski definition) is 5. The zero-order valence-corrected chi connectivity index (χ0v) is 15.4. The van der Waals surface area contributed by atoms with Gasteiger partial charge in [-0.1, -0.05) is 44.7 Å². The first-order valence-corrected chi connectivity index (χ1v) is 9.73. The summed E-state index contributed by atoms with van der Waals surface area (Å²) < 4.78 is 0. The number of unbranched alkanes of at least 4 members (excludes halogenated alkanes) is 3. The van der Waals surface area contributed by atoms with Crippen molar-refractivity contribution in [2.45, 2.75) is 76.8 Å². The lowest BCUT2D eigenvalue weighted by Crippen LogP contribution is -2.58. The molecule has 1 saturated carbocycles. The van der Waals surface area contributed by atoms with E-state index in [1.807, 2.05) is 0 Å². The quantitative estimate of drug-likeness (QED) is 0.770. The van der Waals surface area contributed by atoms with Crippen LogP contribution in [0.25, 0.3) is 0 Å². The Morgan fingerprint density at radius 3 is 2.40 bits per heavy atom. The Hall–Kier alpha value is -2.04. The third kappa shape index (κ3) is 3.97. The first kappa shape index (κ1) is 17.8. The van der Waals surface area contributed by atoms with Gasteiger partial charge in [-0.2, -0.15) is 4.99 Å². The molecule has 2 aliphatic rings. The van der Waals surface area contributed by atoms with E-state index < -0.39 is 0 Å². The van der Waals surface area contributed by atoms with Gasteiger partial charge in [0.1, 0.15) is 5.66 Å². The number of anilines is 1. The maximum absolute atomic E-state index is 6.27. The molecule has 1 aromatic carbocycles. The fraction of sp³-hybridized carbons (Fsp3) is 0.600. The van der Waals surface area contributed by atoms with Gasteiger partial charge >= 0.3 is 0 Å². The molecule has 1 aliphatic heterocycles. The lowest BCUT2D eigenvalue weighted by Gasteiger charge is -2.45. The largest absolute Gasteiger partial charge is 0.369 e. The van der Waals surface area contributed by atoms with Gasteiger partial charge in [-0.3, -0.25) is 4.90 Å². The summed E-state index contributed by atoms with van der Waals surface area (Å²) in [4.78, 5) is 11.1. The Labute approximate surface area is 151 Å². The molecule has 0 atom stereocenters. The average Bonchev–Trinajstić information content (AvgIpc) is 2.60. The normalized spacial score (nSPS) is 19.6. The van der Waals surface area contributed by atoms with E-state index >= 15 is 0 Å². The van der Waals surface area contributed by atoms with Crippen LogP contribution in [0.3, 0.4) is 0 Å². The number of benzene rings is 1. The molecule has 1 aliphatic carbocycles. The molecule has 1 fully saturated rings. The second-order valence-electron chi connectivity index (χ2n) is 7.30. The van der Waals surface area contributed by atoms with Gasteiger partial charge in [-0.15, -0.1) is 0 Å².